The monoisotopic (exact) mass is 466 g/mol. The van der Waals surface area contributed by atoms with Crippen molar-refractivity contribution in [3.05, 3.63) is 42.0 Å². The number of nitrogens with zero attached hydrogens (tertiary/aromatic N) is 2. The highest BCUT2D eigenvalue weighted by Crippen LogP contribution is 2.30. The number of fused-ring (bicyclic) bond motifs is 1. The SMILES string of the molecule is CN(C)C=O.COc1ccc(C(=O)Nc2nc3ccc(S(N)(=O)=O)cc3s2)cc1OC. The van der Waals surface area contributed by atoms with Gasteiger partial charge in [0.05, 0.1) is 29.3 Å². The molecule has 0 unspecified atom stereocenters. The second-order valence-corrected chi connectivity index (χ2v) is 8.88. The third-order valence-corrected chi connectivity index (χ3v) is 5.61. The topological polar surface area (TPSA) is 141 Å². The number of benzene rings is 2. The van der Waals surface area contributed by atoms with Gasteiger partial charge in [-0.05, 0) is 36.4 Å². The van der Waals surface area contributed by atoms with Gasteiger partial charge in [0, 0.05) is 19.7 Å². The van der Waals surface area contributed by atoms with Crippen LogP contribution in [-0.2, 0) is 14.8 Å². The van der Waals surface area contributed by atoms with Gasteiger partial charge in [-0.1, -0.05) is 11.3 Å². The van der Waals surface area contributed by atoms with Gasteiger partial charge in [-0.3, -0.25) is 14.9 Å². The second-order valence-electron chi connectivity index (χ2n) is 6.29. The van der Waals surface area contributed by atoms with Gasteiger partial charge in [-0.15, -0.1) is 0 Å². The van der Waals surface area contributed by atoms with E-state index in [4.69, 9.17) is 14.6 Å². The van der Waals surface area contributed by atoms with Gasteiger partial charge in [0.2, 0.25) is 16.4 Å². The largest absolute Gasteiger partial charge is 0.493 e. The quantitative estimate of drug-likeness (QED) is 0.529. The van der Waals surface area contributed by atoms with E-state index in [9.17, 15) is 18.0 Å². The number of ether oxygens (including phenoxy) is 2. The fraction of sp³-hybridized carbons (Fsp3) is 0.211. The molecule has 1 aromatic heterocycles. The highest BCUT2D eigenvalue weighted by molar-refractivity contribution is 7.89. The summed E-state index contributed by atoms with van der Waals surface area (Å²) in [6.45, 7) is 0. The average Bonchev–Trinajstić information content (AvgIpc) is 3.14. The van der Waals surface area contributed by atoms with Gasteiger partial charge in [-0.2, -0.15) is 0 Å². The summed E-state index contributed by atoms with van der Waals surface area (Å²) in [5.74, 6) is 0.568. The van der Waals surface area contributed by atoms with E-state index in [1.807, 2.05) is 0 Å². The number of amides is 2. The molecule has 0 fully saturated rings. The highest BCUT2D eigenvalue weighted by Gasteiger charge is 2.15. The van der Waals surface area contributed by atoms with E-state index < -0.39 is 10.0 Å². The first-order chi connectivity index (χ1) is 14.6. The summed E-state index contributed by atoms with van der Waals surface area (Å²) in [5, 5.41) is 8.15. The summed E-state index contributed by atoms with van der Waals surface area (Å²) in [4.78, 5) is 27.6. The lowest BCUT2D eigenvalue weighted by molar-refractivity contribution is -0.115. The van der Waals surface area contributed by atoms with Crippen LogP contribution in [0, 0.1) is 0 Å². The van der Waals surface area contributed by atoms with Crippen LogP contribution < -0.4 is 19.9 Å². The van der Waals surface area contributed by atoms with Crippen LogP contribution in [0.5, 0.6) is 11.5 Å². The molecule has 166 valence electrons. The Morgan fingerprint density at radius 1 is 1.13 bits per heavy atom. The van der Waals surface area contributed by atoms with E-state index in [2.05, 4.69) is 10.3 Å². The summed E-state index contributed by atoms with van der Waals surface area (Å²) in [5.41, 5.74) is 0.928. The molecule has 0 saturated carbocycles. The smallest absolute Gasteiger partial charge is 0.257 e. The minimum absolute atomic E-state index is 0.00795. The number of hydrogen-bond acceptors (Lipinski definition) is 8. The third kappa shape index (κ3) is 6.38. The Balaban J connectivity index is 0.000000614. The molecule has 2 aromatic carbocycles. The summed E-state index contributed by atoms with van der Waals surface area (Å²) in [6, 6.07) is 9.12. The number of aromatic nitrogens is 1. The van der Waals surface area contributed by atoms with E-state index in [1.54, 1.807) is 32.3 Å². The standard InChI is InChI=1S/C16H15N3O5S2.C3H7NO/c1-23-12-6-3-9(7-13(12)24-2)15(20)19-16-18-11-5-4-10(26(17,21)22)8-14(11)25-16;1-4(2)3-5/h3-8H,1-2H3,(H2,17,21,22)(H,18,19,20);3H,1-2H3. The molecule has 10 nitrogen and oxygen atoms in total. The number of primary sulfonamides is 1. The number of carbonyl (C=O) groups is 2. The maximum absolute atomic E-state index is 12.4. The molecule has 0 atom stereocenters. The Kier molecular flexibility index (Phi) is 7.91. The van der Waals surface area contributed by atoms with Crippen molar-refractivity contribution in [2.24, 2.45) is 5.14 Å². The van der Waals surface area contributed by atoms with Gasteiger partial charge in [0.25, 0.3) is 5.91 Å². The van der Waals surface area contributed by atoms with Crippen molar-refractivity contribution < 1.29 is 27.5 Å². The van der Waals surface area contributed by atoms with Crippen molar-refractivity contribution in [1.29, 1.82) is 0 Å². The van der Waals surface area contributed by atoms with Crippen molar-refractivity contribution >= 4 is 49.0 Å². The molecule has 12 heteroatoms. The summed E-state index contributed by atoms with van der Waals surface area (Å²) >= 11 is 1.15. The second kappa shape index (κ2) is 10.2. The van der Waals surface area contributed by atoms with Crippen LogP contribution in [0.25, 0.3) is 10.2 Å². The van der Waals surface area contributed by atoms with Crippen LogP contribution in [0.2, 0.25) is 0 Å². The van der Waals surface area contributed by atoms with E-state index in [-0.39, 0.29) is 10.8 Å². The number of carbonyl (C=O) groups excluding carboxylic acids is 2. The molecule has 0 aliphatic heterocycles. The highest BCUT2D eigenvalue weighted by atomic mass is 32.2. The normalized spacial score (nSPS) is 10.6. The lowest BCUT2D eigenvalue weighted by Crippen LogP contribution is -2.11. The van der Waals surface area contributed by atoms with E-state index in [1.165, 1.54) is 37.3 Å². The Bertz CT molecular complexity index is 1190. The zero-order chi connectivity index (χ0) is 23.2. The van der Waals surface area contributed by atoms with Crippen LogP contribution in [0.1, 0.15) is 10.4 Å². The molecule has 0 bridgehead atoms. The van der Waals surface area contributed by atoms with Crippen LogP contribution in [0.15, 0.2) is 41.3 Å². The Morgan fingerprint density at radius 3 is 2.32 bits per heavy atom. The van der Waals surface area contributed by atoms with Gasteiger partial charge in [-0.25, -0.2) is 18.5 Å². The average molecular weight is 467 g/mol. The number of nitrogens with one attached hydrogen (secondary N) is 1. The zero-order valence-corrected chi connectivity index (χ0v) is 18.9. The first-order valence-electron chi connectivity index (χ1n) is 8.67. The summed E-state index contributed by atoms with van der Waals surface area (Å²) in [7, 11) is 2.57. The number of thiazole rings is 1. The number of anilines is 1. The predicted molar refractivity (Wildman–Crippen MR) is 118 cm³/mol. The molecule has 2 amide bonds. The molecule has 0 radical (unpaired) electrons. The molecular formula is C19H22N4O6S2. The minimum atomic E-state index is -3.80. The van der Waals surface area contributed by atoms with Crippen LogP contribution >= 0.6 is 11.3 Å². The Morgan fingerprint density at radius 2 is 1.77 bits per heavy atom. The van der Waals surface area contributed by atoms with Gasteiger partial charge in [0.15, 0.2) is 16.6 Å². The van der Waals surface area contributed by atoms with E-state index >= 15 is 0 Å². The molecule has 31 heavy (non-hydrogen) atoms. The number of rotatable bonds is 6. The maximum atomic E-state index is 12.4. The first-order valence-corrected chi connectivity index (χ1v) is 11.0. The molecule has 0 aliphatic rings. The summed E-state index contributed by atoms with van der Waals surface area (Å²) in [6.07, 6.45) is 0.750. The van der Waals surface area contributed by atoms with Gasteiger partial charge >= 0.3 is 0 Å². The van der Waals surface area contributed by atoms with E-state index in [0.717, 1.165) is 17.7 Å². The first kappa shape index (κ1) is 24.1. The lowest BCUT2D eigenvalue weighted by atomic mass is 10.2. The number of sulfonamides is 1. The molecular weight excluding hydrogens is 444 g/mol. The van der Waals surface area contributed by atoms with Crippen molar-refractivity contribution in [2.75, 3.05) is 33.6 Å². The maximum Gasteiger partial charge on any atom is 0.257 e. The lowest BCUT2D eigenvalue weighted by Gasteiger charge is -2.09. The Labute approximate surface area is 183 Å². The van der Waals surface area contributed by atoms with Crippen LogP contribution in [-0.4, -0.2) is 58.9 Å². The molecule has 0 spiro atoms. The van der Waals surface area contributed by atoms with Crippen molar-refractivity contribution in [3.63, 3.8) is 0 Å². The molecule has 3 rings (SSSR count). The van der Waals surface area contributed by atoms with Crippen molar-refractivity contribution in [1.82, 2.24) is 9.88 Å². The van der Waals surface area contributed by atoms with Gasteiger partial charge < -0.3 is 14.4 Å². The fourth-order valence-corrected chi connectivity index (χ4v) is 3.80. The fourth-order valence-electron chi connectivity index (χ4n) is 2.28. The minimum Gasteiger partial charge on any atom is -0.493 e. The van der Waals surface area contributed by atoms with Gasteiger partial charge in [0.1, 0.15) is 0 Å². The zero-order valence-electron chi connectivity index (χ0n) is 17.3. The summed E-state index contributed by atoms with van der Waals surface area (Å²) < 4.78 is 33.8. The molecule has 0 aliphatic carbocycles. The molecule has 1 heterocycles. The van der Waals surface area contributed by atoms with Crippen LogP contribution in [0.3, 0.4) is 0 Å². The number of hydrogen-bond donors (Lipinski definition) is 2. The number of nitrogens with two attached hydrogens (primary N) is 1. The molecule has 3 aromatic rings. The van der Waals surface area contributed by atoms with Crippen LogP contribution in [0.4, 0.5) is 5.13 Å². The van der Waals surface area contributed by atoms with Crippen molar-refractivity contribution in [3.8, 4) is 11.5 Å². The third-order valence-electron chi connectivity index (χ3n) is 3.77. The number of methoxy groups -OCH3 is 2. The predicted octanol–water partition coefficient (Wildman–Crippen LogP) is 1.92. The Hall–Kier alpha value is -3.22. The van der Waals surface area contributed by atoms with E-state index in [0.29, 0.717) is 32.4 Å². The van der Waals surface area contributed by atoms with Crippen molar-refractivity contribution in [2.45, 2.75) is 4.90 Å². The molecule has 0 saturated heterocycles. The molecule has 3 N–H and O–H groups in total.